The third-order valence-electron chi connectivity index (χ3n) is 5.12. The number of anilines is 1. The second-order valence-electron chi connectivity index (χ2n) is 9.02. The van der Waals surface area contributed by atoms with Gasteiger partial charge in [0, 0.05) is 18.5 Å². The fourth-order valence-corrected chi connectivity index (χ4v) is 4.21. The van der Waals surface area contributed by atoms with E-state index in [0.29, 0.717) is 30.8 Å². The van der Waals surface area contributed by atoms with Gasteiger partial charge in [-0.05, 0) is 48.6 Å². The van der Waals surface area contributed by atoms with Crippen LogP contribution in [0, 0.1) is 0 Å². The molecule has 1 amide bonds. The summed E-state index contributed by atoms with van der Waals surface area (Å²) in [5.41, 5.74) is 2.15. The summed E-state index contributed by atoms with van der Waals surface area (Å²) in [6, 6.07) is 14.4. The lowest BCUT2D eigenvalue weighted by molar-refractivity contribution is -0.121. The first-order valence-corrected chi connectivity index (χ1v) is 12.8. The number of ether oxygens (including phenoxy) is 1. The molecule has 2 aromatic carbocycles. The molecule has 0 saturated heterocycles. The van der Waals surface area contributed by atoms with Crippen molar-refractivity contribution in [1.82, 2.24) is 5.32 Å². The van der Waals surface area contributed by atoms with Gasteiger partial charge in [-0.15, -0.1) is 0 Å². The molecule has 33 heavy (non-hydrogen) atoms. The molecule has 0 heterocycles. The molecule has 0 fully saturated rings. The van der Waals surface area contributed by atoms with Crippen LogP contribution in [-0.4, -0.2) is 46.1 Å². The SMILES string of the molecule is CC(=O)c1cccc(N(CCCC(=O)NCCOc2ccc(C(C)(C)C)cc2)S(C)(=O)=O)c1. The Balaban J connectivity index is 1.79. The van der Waals surface area contributed by atoms with Gasteiger partial charge in [0.15, 0.2) is 5.78 Å². The van der Waals surface area contributed by atoms with Gasteiger partial charge in [0.1, 0.15) is 12.4 Å². The Morgan fingerprint density at radius 3 is 2.30 bits per heavy atom. The number of carbonyl (C=O) groups excluding carboxylic acids is 2. The van der Waals surface area contributed by atoms with Crippen LogP contribution in [0.5, 0.6) is 5.75 Å². The minimum absolute atomic E-state index is 0.0788. The molecule has 180 valence electrons. The predicted octanol–water partition coefficient (Wildman–Crippen LogP) is 3.93. The molecule has 2 aromatic rings. The molecule has 0 spiro atoms. The summed E-state index contributed by atoms with van der Waals surface area (Å²) in [7, 11) is -3.55. The normalized spacial score (nSPS) is 11.7. The molecule has 0 saturated carbocycles. The van der Waals surface area contributed by atoms with E-state index < -0.39 is 10.0 Å². The largest absolute Gasteiger partial charge is 0.492 e. The van der Waals surface area contributed by atoms with Gasteiger partial charge in [-0.2, -0.15) is 0 Å². The van der Waals surface area contributed by atoms with Crippen LogP contribution in [-0.2, 0) is 20.2 Å². The van der Waals surface area contributed by atoms with Crippen LogP contribution in [0.3, 0.4) is 0 Å². The van der Waals surface area contributed by atoms with E-state index in [-0.39, 0.29) is 30.1 Å². The number of ketones is 1. The molecule has 0 aliphatic heterocycles. The first-order chi connectivity index (χ1) is 15.4. The van der Waals surface area contributed by atoms with Crippen LogP contribution in [0.4, 0.5) is 5.69 Å². The van der Waals surface area contributed by atoms with Gasteiger partial charge >= 0.3 is 0 Å². The van der Waals surface area contributed by atoms with E-state index in [1.54, 1.807) is 24.3 Å². The Kier molecular flexibility index (Phi) is 9.05. The number of benzene rings is 2. The van der Waals surface area contributed by atoms with Crippen molar-refractivity contribution in [3.63, 3.8) is 0 Å². The zero-order valence-corrected chi connectivity index (χ0v) is 20.9. The average molecular weight is 475 g/mol. The summed E-state index contributed by atoms with van der Waals surface area (Å²) >= 11 is 0. The number of nitrogens with one attached hydrogen (secondary N) is 1. The number of sulfonamides is 1. The number of hydrogen-bond donors (Lipinski definition) is 1. The smallest absolute Gasteiger partial charge is 0.232 e. The van der Waals surface area contributed by atoms with E-state index in [4.69, 9.17) is 4.74 Å². The van der Waals surface area contributed by atoms with Gasteiger partial charge in [0.25, 0.3) is 0 Å². The van der Waals surface area contributed by atoms with Crippen molar-refractivity contribution < 1.29 is 22.7 Å². The molecule has 0 unspecified atom stereocenters. The fraction of sp³-hybridized carbons (Fsp3) is 0.440. The number of hydrogen-bond acceptors (Lipinski definition) is 5. The Hall–Kier alpha value is -2.87. The van der Waals surface area contributed by atoms with Crippen LogP contribution in [0.25, 0.3) is 0 Å². The van der Waals surface area contributed by atoms with Crippen LogP contribution in [0.1, 0.15) is 56.5 Å². The standard InChI is InChI=1S/C25H34N2O5S/c1-19(28)20-8-6-9-22(18-20)27(33(5,30)31)16-7-10-24(29)26-15-17-32-23-13-11-21(12-14-23)25(2,3)4/h6,8-9,11-14,18H,7,10,15-17H2,1-5H3,(H,26,29). The molecule has 8 heteroatoms. The highest BCUT2D eigenvalue weighted by molar-refractivity contribution is 7.92. The highest BCUT2D eigenvalue weighted by atomic mass is 32.2. The van der Waals surface area contributed by atoms with Crippen molar-refractivity contribution in [3.8, 4) is 5.75 Å². The minimum atomic E-state index is -3.55. The molecular weight excluding hydrogens is 440 g/mol. The maximum absolute atomic E-state index is 12.2. The van der Waals surface area contributed by atoms with Gasteiger partial charge in [0.2, 0.25) is 15.9 Å². The molecule has 0 bridgehead atoms. The Morgan fingerprint density at radius 2 is 1.73 bits per heavy atom. The van der Waals surface area contributed by atoms with Gasteiger partial charge in [0.05, 0.1) is 18.5 Å². The summed E-state index contributed by atoms with van der Waals surface area (Å²) in [6.07, 6.45) is 1.63. The van der Waals surface area contributed by atoms with Crippen molar-refractivity contribution in [3.05, 3.63) is 59.7 Å². The van der Waals surface area contributed by atoms with E-state index >= 15 is 0 Å². The number of carbonyl (C=O) groups is 2. The van der Waals surface area contributed by atoms with Crippen molar-refractivity contribution in [2.24, 2.45) is 0 Å². The second-order valence-corrected chi connectivity index (χ2v) is 10.9. The number of nitrogens with zero attached hydrogens (tertiary/aromatic N) is 1. The van der Waals surface area contributed by atoms with E-state index in [9.17, 15) is 18.0 Å². The molecule has 1 N–H and O–H groups in total. The minimum Gasteiger partial charge on any atom is -0.492 e. The topological polar surface area (TPSA) is 92.8 Å². The van der Waals surface area contributed by atoms with Crippen LogP contribution >= 0.6 is 0 Å². The Morgan fingerprint density at radius 1 is 1.06 bits per heavy atom. The monoisotopic (exact) mass is 474 g/mol. The zero-order chi connectivity index (χ0) is 24.6. The summed E-state index contributed by atoms with van der Waals surface area (Å²) in [5.74, 6) is 0.429. The summed E-state index contributed by atoms with van der Waals surface area (Å²) < 4.78 is 31.4. The molecule has 7 nitrogen and oxygen atoms in total. The highest BCUT2D eigenvalue weighted by Gasteiger charge is 2.18. The fourth-order valence-electron chi connectivity index (χ4n) is 3.25. The van der Waals surface area contributed by atoms with Gasteiger partial charge in [-0.3, -0.25) is 13.9 Å². The number of amides is 1. The molecule has 0 atom stereocenters. The Labute approximate surface area is 197 Å². The van der Waals surface area contributed by atoms with E-state index in [1.807, 2.05) is 24.3 Å². The van der Waals surface area contributed by atoms with Gasteiger partial charge in [-0.25, -0.2) is 8.42 Å². The molecular formula is C25H34N2O5S. The summed E-state index contributed by atoms with van der Waals surface area (Å²) in [5, 5.41) is 2.79. The lowest BCUT2D eigenvalue weighted by atomic mass is 9.87. The zero-order valence-electron chi connectivity index (χ0n) is 20.1. The van der Waals surface area contributed by atoms with E-state index in [1.165, 1.54) is 16.8 Å². The molecule has 0 aliphatic carbocycles. The maximum Gasteiger partial charge on any atom is 0.232 e. The molecule has 0 aliphatic rings. The Bertz CT molecular complexity index is 1060. The lowest BCUT2D eigenvalue weighted by Crippen LogP contribution is -2.33. The van der Waals surface area contributed by atoms with Crippen molar-refractivity contribution in [1.29, 1.82) is 0 Å². The molecule has 0 radical (unpaired) electrons. The lowest BCUT2D eigenvalue weighted by Gasteiger charge is -2.22. The summed E-state index contributed by atoms with van der Waals surface area (Å²) in [6.45, 7) is 8.72. The first kappa shape index (κ1) is 26.4. The van der Waals surface area contributed by atoms with Crippen molar-refractivity contribution >= 4 is 27.4 Å². The second kappa shape index (κ2) is 11.3. The van der Waals surface area contributed by atoms with E-state index in [0.717, 1.165) is 12.0 Å². The van der Waals surface area contributed by atoms with E-state index in [2.05, 4.69) is 26.1 Å². The third-order valence-corrected chi connectivity index (χ3v) is 6.31. The maximum atomic E-state index is 12.2. The van der Waals surface area contributed by atoms with Crippen LogP contribution in [0.2, 0.25) is 0 Å². The highest BCUT2D eigenvalue weighted by Crippen LogP contribution is 2.24. The van der Waals surface area contributed by atoms with Crippen LogP contribution < -0.4 is 14.4 Å². The third kappa shape index (κ3) is 8.53. The van der Waals surface area contributed by atoms with Gasteiger partial charge in [-0.1, -0.05) is 45.0 Å². The molecule has 2 rings (SSSR count). The van der Waals surface area contributed by atoms with Crippen LogP contribution in [0.15, 0.2) is 48.5 Å². The average Bonchev–Trinajstić information content (AvgIpc) is 2.73. The number of rotatable bonds is 11. The van der Waals surface area contributed by atoms with Gasteiger partial charge < -0.3 is 10.1 Å². The quantitative estimate of drug-likeness (QED) is 0.393. The predicted molar refractivity (Wildman–Crippen MR) is 132 cm³/mol. The van der Waals surface area contributed by atoms with Crippen molar-refractivity contribution in [2.45, 2.75) is 46.0 Å². The molecule has 0 aromatic heterocycles. The van der Waals surface area contributed by atoms with Crippen molar-refractivity contribution in [2.75, 3.05) is 30.3 Å². The number of Topliss-reactive ketones (excluding diaryl/α,β-unsaturated/α-hetero) is 1. The first-order valence-electron chi connectivity index (χ1n) is 11.0. The summed E-state index contributed by atoms with van der Waals surface area (Å²) in [4.78, 5) is 23.8.